The highest BCUT2D eigenvalue weighted by Gasteiger charge is 2.55. The highest BCUT2D eigenvalue weighted by Crippen LogP contribution is 2.55. The molecular formula is C20H20F3N3O. The Morgan fingerprint density at radius 1 is 1.26 bits per heavy atom. The van der Waals surface area contributed by atoms with Crippen LogP contribution < -0.4 is 5.32 Å². The molecule has 0 bridgehead atoms. The summed E-state index contributed by atoms with van der Waals surface area (Å²) in [6, 6.07) is 5.31. The van der Waals surface area contributed by atoms with Gasteiger partial charge in [-0.25, -0.2) is 0 Å². The minimum absolute atomic E-state index is 0.0253. The molecule has 3 aliphatic rings. The first kappa shape index (κ1) is 17.9. The number of ketones is 1. The number of allylic oxidation sites excluding steroid dienone is 2. The molecule has 0 saturated carbocycles. The number of benzene rings is 1. The van der Waals surface area contributed by atoms with Crippen molar-refractivity contribution in [3.63, 3.8) is 0 Å². The number of hydrogen-bond donors (Lipinski definition) is 1. The zero-order valence-electron chi connectivity index (χ0n) is 15.4. The number of rotatable bonds is 2. The standard InChI is InChI=1S/C20H20F3N3O/c1-4-19(11-6-5-7-12(8-11)20(21,22)23)13-10-24-26-17(13)25-14-9-18(2,3)16(27)15(14)19/h5-8,25H,4,9-10H2,1-3H3/t19-/m1/s1. The number of carbonyl (C=O) groups excluding carboxylic acids is 1. The molecule has 1 aliphatic carbocycles. The van der Waals surface area contributed by atoms with E-state index in [0.717, 1.165) is 17.3 Å². The van der Waals surface area contributed by atoms with Crippen molar-refractivity contribution in [2.75, 3.05) is 6.54 Å². The summed E-state index contributed by atoms with van der Waals surface area (Å²) in [5.41, 5.74) is 0.313. The summed E-state index contributed by atoms with van der Waals surface area (Å²) in [5, 5.41) is 11.5. The second kappa shape index (κ2) is 5.53. The maximum atomic E-state index is 13.4. The van der Waals surface area contributed by atoms with Gasteiger partial charge in [0.15, 0.2) is 11.6 Å². The number of halogens is 3. The lowest BCUT2D eigenvalue weighted by atomic mass is 9.63. The zero-order valence-corrected chi connectivity index (χ0v) is 15.4. The van der Waals surface area contributed by atoms with Gasteiger partial charge < -0.3 is 5.32 Å². The van der Waals surface area contributed by atoms with Crippen LogP contribution in [-0.2, 0) is 16.4 Å². The van der Waals surface area contributed by atoms with Gasteiger partial charge in [-0.15, -0.1) is 5.11 Å². The molecule has 1 atom stereocenters. The summed E-state index contributed by atoms with van der Waals surface area (Å²) in [5.74, 6) is 0.543. The predicted molar refractivity (Wildman–Crippen MR) is 93.7 cm³/mol. The molecule has 1 N–H and O–H groups in total. The van der Waals surface area contributed by atoms with Gasteiger partial charge >= 0.3 is 6.18 Å². The lowest BCUT2D eigenvalue weighted by Crippen LogP contribution is -2.41. The van der Waals surface area contributed by atoms with Crippen LogP contribution in [0.1, 0.15) is 44.7 Å². The number of azo groups is 1. The molecule has 0 unspecified atom stereocenters. The van der Waals surface area contributed by atoms with Crippen molar-refractivity contribution < 1.29 is 18.0 Å². The van der Waals surface area contributed by atoms with Crippen LogP contribution in [0, 0.1) is 5.41 Å². The van der Waals surface area contributed by atoms with Crippen molar-refractivity contribution >= 4 is 5.78 Å². The van der Waals surface area contributed by atoms with Crippen LogP contribution in [0.2, 0.25) is 0 Å². The summed E-state index contributed by atoms with van der Waals surface area (Å²) in [7, 11) is 0. The van der Waals surface area contributed by atoms with Crippen LogP contribution in [0.15, 0.2) is 57.2 Å². The molecule has 0 radical (unpaired) electrons. The van der Waals surface area contributed by atoms with E-state index in [4.69, 9.17) is 0 Å². The molecule has 7 heteroatoms. The minimum atomic E-state index is -4.45. The molecule has 0 aromatic heterocycles. The number of alkyl halides is 3. The van der Waals surface area contributed by atoms with Gasteiger partial charge in [-0.05, 0) is 18.1 Å². The van der Waals surface area contributed by atoms with Crippen LogP contribution >= 0.6 is 0 Å². The van der Waals surface area contributed by atoms with Crippen molar-refractivity contribution in [3.05, 3.63) is 58.1 Å². The Morgan fingerprint density at radius 3 is 2.67 bits per heavy atom. The summed E-state index contributed by atoms with van der Waals surface area (Å²) in [6.07, 6.45) is -3.48. The van der Waals surface area contributed by atoms with Gasteiger partial charge in [0, 0.05) is 28.7 Å². The van der Waals surface area contributed by atoms with E-state index < -0.39 is 22.6 Å². The average Bonchev–Trinajstić information content (AvgIpc) is 3.15. The Hall–Kier alpha value is -2.44. The molecule has 27 heavy (non-hydrogen) atoms. The van der Waals surface area contributed by atoms with Gasteiger partial charge in [-0.2, -0.15) is 18.3 Å². The maximum Gasteiger partial charge on any atom is 0.416 e. The molecule has 2 aliphatic heterocycles. The highest BCUT2D eigenvalue weighted by molar-refractivity contribution is 6.06. The highest BCUT2D eigenvalue weighted by atomic mass is 19.4. The maximum absolute atomic E-state index is 13.4. The summed E-state index contributed by atoms with van der Waals surface area (Å²) >= 11 is 0. The van der Waals surface area contributed by atoms with Crippen molar-refractivity contribution in [2.24, 2.45) is 15.6 Å². The third kappa shape index (κ3) is 2.40. The molecule has 2 heterocycles. The van der Waals surface area contributed by atoms with Crippen LogP contribution in [0.5, 0.6) is 0 Å². The third-order valence-corrected chi connectivity index (χ3v) is 5.87. The van der Waals surface area contributed by atoms with Crippen LogP contribution in [-0.4, -0.2) is 12.3 Å². The number of hydrogen-bond acceptors (Lipinski definition) is 4. The zero-order chi connectivity index (χ0) is 19.6. The monoisotopic (exact) mass is 375 g/mol. The first-order valence-corrected chi connectivity index (χ1v) is 8.95. The lowest BCUT2D eigenvalue weighted by molar-refractivity contribution is -0.137. The van der Waals surface area contributed by atoms with Crippen LogP contribution in [0.4, 0.5) is 13.2 Å². The van der Waals surface area contributed by atoms with E-state index in [9.17, 15) is 18.0 Å². The van der Waals surface area contributed by atoms with E-state index in [-0.39, 0.29) is 12.3 Å². The van der Waals surface area contributed by atoms with E-state index in [2.05, 4.69) is 15.5 Å². The van der Waals surface area contributed by atoms with Gasteiger partial charge in [0.2, 0.25) is 0 Å². The minimum Gasteiger partial charge on any atom is -0.342 e. The molecule has 1 aromatic rings. The predicted octanol–water partition coefficient (Wildman–Crippen LogP) is 4.89. The quantitative estimate of drug-likeness (QED) is 0.800. The number of nitrogens with zero attached hydrogens (tertiary/aromatic N) is 2. The topological polar surface area (TPSA) is 53.8 Å². The fourth-order valence-corrected chi connectivity index (χ4v) is 4.56. The molecular weight excluding hydrogens is 355 g/mol. The Morgan fingerprint density at radius 2 is 2.00 bits per heavy atom. The molecule has 1 aromatic carbocycles. The van der Waals surface area contributed by atoms with E-state index >= 15 is 0 Å². The molecule has 4 nitrogen and oxygen atoms in total. The van der Waals surface area contributed by atoms with E-state index in [1.54, 1.807) is 6.07 Å². The number of dihydropyridines is 1. The van der Waals surface area contributed by atoms with Gasteiger partial charge in [-0.3, -0.25) is 4.79 Å². The Balaban J connectivity index is 1.98. The average molecular weight is 375 g/mol. The summed E-state index contributed by atoms with van der Waals surface area (Å²) in [4.78, 5) is 13.3. The fourth-order valence-electron chi connectivity index (χ4n) is 4.56. The van der Waals surface area contributed by atoms with E-state index in [0.29, 0.717) is 29.8 Å². The smallest absolute Gasteiger partial charge is 0.342 e. The van der Waals surface area contributed by atoms with E-state index in [1.165, 1.54) is 12.1 Å². The first-order chi connectivity index (χ1) is 12.6. The van der Waals surface area contributed by atoms with E-state index in [1.807, 2.05) is 20.8 Å². The van der Waals surface area contributed by atoms with Crippen LogP contribution in [0.25, 0.3) is 0 Å². The lowest BCUT2D eigenvalue weighted by Gasteiger charge is -2.40. The van der Waals surface area contributed by atoms with Crippen LogP contribution in [0.3, 0.4) is 0 Å². The van der Waals surface area contributed by atoms with Gasteiger partial charge in [0.1, 0.15) is 0 Å². The molecule has 0 amide bonds. The Labute approximate surface area is 155 Å². The number of nitrogens with one attached hydrogen (secondary N) is 1. The van der Waals surface area contributed by atoms with Gasteiger partial charge in [0.05, 0.1) is 17.5 Å². The SMILES string of the molecule is CC[C@@]1(c2cccc(C(F)(F)F)c2)C2=C(N=NC2)NC2=C1C(=O)C(C)(C)C2. The number of carbonyl (C=O) groups is 1. The van der Waals surface area contributed by atoms with Gasteiger partial charge in [-0.1, -0.05) is 39.0 Å². The molecule has 0 spiro atoms. The number of Topliss-reactive ketones (excluding diaryl/α,β-unsaturated/α-hetero) is 1. The fraction of sp³-hybridized carbons (Fsp3) is 0.450. The van der Waals surface area contributed by atoms with Crippen molar-refractivity contribution in [3.8, 4) is 0 Å². The van der Waals surface area contributed by atoms with Crippen molar-refractivity contribution in [1.29, 1.82) is 0 Å². The first-order valence-electron chi connectivity index (χ1n) is 8.95. The Bertz CT molecular complexity index is 940. The summed E-state index contributed by atoms with van der Waals surface area (Å²) in [6.45, 7) is 5.91. The molecule has 0 saturated heterocycles. The molecule has 142 valence electrons. The largest absolute Gasteiger partial charge is 0.416 e. The normalized spacial score (nSPS) is 26.4. The second-order valence-corrected chi connectivity index (χ2v) is 7.93. The third-order valence-electron chi connectivity index (χ3n) is 5.87. The summed E-state index contributed by atoms with van der Waals surface area (Å²) < 4.78 is 40.1. The molecule has 0 fully saturated rings. The second-order valence-electron chi connectivity index (χ2n) is 7.93. The van der Waals surface area contributed by atoms with Crippen molar-refractivity contribution in [1.82, 2.24) is 5.32 Å². The molecule has 4 rings (SSSR count). The van der Waals surface area contributed by atoms with Gasteiger partial charge in [0.25, 0.3) is 0 Å². The Kier molecular flexibility index (Phi) is 3.68. The van der Waals surface area contributed by atoms with Crippen molar-refractivity contribution in [2.45, 2.75) is 45.2 Å².